The number of urea groups is 1. The van der Waals surface area contributed by atoms with Crippen LogP contribution in [0, 0.1) is 0 Å². The summed E-state index contributed by atoms with van der Waals surface area (Å²) in [5.41, 5.74) is 2.18. The van der Waals surface area contributed by atoms with Crippen LogP contribution in [0.3, 0.4) is 0 Å². The minimum absolute atomic E-state index is 0.143. The van der Waals surface area contributed by atoms with Crippen LogP contribution >= 0.6 is 0 Å². The number of nitrogens with zero attached hydrogens (tertiary/aromatic N) is 3. The summed E-state index contributed by atoms with van der Waals surface area (Å²) in [6.45, 7) is 1.47. The van der Waals surface area contributed by atoms with Crippen LogP contribution < -0.4 is 5.32 Å². The minimum Gasteiger partial charge on any atom is -0.377 e. The van der Waals surface area contributed by atoms with E-state index in [0.29, 0.717) is 31.5 Å². The van der Waals surface area contributed by atoms with Gasteiger partial charge in [-0.1, -0.05) is 18.6 Å². The zero-order chi connectivity index (χ0) is 16.4. The molecule has 2 aromatic rings. The van der Waals surface area contributed by atoms with Crippen molar-refractivity contribution < 1.29 is 9.53 Å². The Labute approximate surface area is 140 Å². The number of rotatable bonds is 3. The predicted molar refractivity (Wildman–Crippen MR) is 88.7 cm³/mol. The van der Waals surface area contributed by atoms with Gasteiger partial charge in [0.1, 0.15) is 18.2 Å². The molecule has 1 saturated heterocycles. The van der Waals surface area contributed by atoms with Crippen molar-refractivity contribution in [3.63, 3.8) is 0 Å². The SMILES string of the molecule is O=C(Nc1ccc(C2CCC2)cc1)N1CCOCC1c1ncn[nH]1. The number of amides is 2. The van der Waals surface area contributed by atoms with Crippen molar-refractivity contribution in [1.82, 2.24) is 20.1 Å². The van der Waals surface area contributed by atoms with Crippen molar-refractivity contribution in [2.45, 2.75) is 31.2 Å². The highest BCUT2D eigenvalue weighted by atomic mass is 16.5. The molecule has 1 aliphatic heterocycles. The molecule has 2 heterocycles. The Bertz CT molecular complexity index is 682. The van der Waals surface area contributed by atoms with Crippen LogP contribution in [-0.2, 0) is 4.74 Å². The van der Waals surface area contributed by atoms with Crippen molar-refractivity contribution in [1.29, 1.82) is 0 Å². The topological polar surface area (TPSA) is 83.1 Å². The fourth-order valence-corrected chi connectivity index (χ4v) is 3.22. The Morgan fingerprint density at radius 2 is 2.12 bits per heavy atom. The van der Waals surface area contributed by atoms with Gasteiger partial charge in [-0.15, -0.1) is 0 Å². The van der Waals surface area contributed by atoms with E-state index >= 15 is 0 Å². The van der Waals surface area contributed by atoms with Gasteiger partial charge in [-0.3, -0.25) is 5.10 Å². The van der Waals surface area contributed by atoms with Crippen molar-refractivity contribution in [3.8, 4) is 0 Å². The van der Waals surface area contributed by atoms with E-state index in [1.54, 1.807) is 4.90 Å². The molecule has 1 atom stereocenters. The molecule has 1 aromatic carbocycles. The van der Waals surface area contributed by atoms with Gasteiger partial charge in [0, 0.05) is 12.2 Å². The maximum absolute atomic E-state index is 12.7. The molecule has 1 aromatic heterocycles. The summed E-state index contributed by atoms with van der Waals surface area (Å²) in [5, 5.41) is 9.67. The number of H-pyrrole nitrogens is 1. The molecule has 24 heavy (non-hydrogen) atoms. The van der Waals surface area contributed by atoms with Gasteiger partial charge in [-0.25, -0.2) is 9.78 Å². The molecule has 4 rings (SSSR count). The van der Waals surface area contributed by atoms with Crippen LogP contribution in [0.5, 0.6) is 0 Å². The number of anilines is 1. The highest BCUT2D eigenvalue weighted by Crippen LogP contribution is 2.36. The Balaban J connectivity index is 1.44. The Kier molecular flexibility index (Phi) is 4.17. The molecule has 2 amide bonds. The number of hydrogen-bond acceptors (Lipinski definition) is 4. The lowest BCUT2D eigenvalue weighted by Gasteiger charge is -2.34. The number of carbonyl (C=O) groups is 1. The van der Waals surface area contributed by atoms with E-state index in [1.165, 1.54) is 31.2 Å². The molecule has 2 N–H and O–H groups in total. The third-order valence-corrected chi connectivity index (χ3v) is 4.88. The fraction of sp³-hybridized carbons (Fsp3) is 0.471. The van der Waals surface area contributed by atoms with Gasteiger partial charge in [-0.2, -0.15) is 5.10 Å². The molecule has 0 bridgehead atoms. The molecule has 1 saturated carbocycles. The van der Waals surface area contributed by atoms with E-state index in [4.69, 9.17) is 4.74 Å². The number of hydrogen-bond donors (Lipinski definition) is 2. The second-order valence-electron chi connectivity index (χ2n) is 6.33. The Morgan fingerprint density at radius 3 is 2.79 bits per heavy atom. The summed E-state index contributed by atoms with van der Waals surface area (Å²) >= 11 is 0. The highest BCUT2D eigenvalue weighted by Gasteiger charge is 2.30. The Morgan fingerprint density at radius 1 is 1.29 bits per heavy atom. The maximum Gasteiger partial charge on any atom is 0.322 e. The first-order chi connectivity index (χ1) is 11.8. The summed E-state index contributed by atoms with van der Waals surface area (Å²) in [5.74, 6) is 1.34. The molecule has 1 unspecified atom stereocenters. The van der Waals surface area contributed by atoms with Crippen LogP contribution in [0.1, 0.15) is 42.6 Å². The van der Waals surface area contributed by atoms with E-state index in [0.717, 1.165) is 5.69 Å². The zero-order valence-electron chi connectivity index (χ0n) is 13.4. The fourth-order valence-electron chi connectivity index (χ4n) is 3.22. The van der Waals surface area contributed by atoms with Gasteiger partial charge < -0.3 is 15.0 Å². The summed E-state index contributed by atoms with van der Waals surface area (Å²) < 4.78 is 5.49. The van der Waals surface area contributed by atoms with Crippen molar-refractivity contribution >= 4 is 11.7 Å². The van der Waals surface area contributed by atoms with Crippen LogP contribution in [0.2, 0.25) is 0 Å². The molecule has 2 fully saturated rings. The van der Waals surface area contributed by atoms with E-state index in [-0.39, 0.29) is 12.1 Å². The molecule has 1 aliphatic carbocycles. The standard InChI is InChI=1S/C17H21N5O2/c23-17(20-14-6-4-13(5-7-14)12-2-1-3-12)22-8-9-24-10-15(22)16-18-11-19-21-16/h4-7,11-12,15H,1-3,8-10H2,(H,20,23)(H,18,19,21). The van der Waals surface area contributed by atoms with E-state index in [9.17, 15) is 4.79 Å². The van der Waals surface area contributed by atoms with Gasteiger partial charge in [0.25, 0.3) is 0 Å². The molecular formula is C17H21N5O2. The van der Waals surface area contributed by atoms with Crippen LogP contribution in [0.4, 0.5) is 10.5 Å². The molecular weight excluding hydrogens is 306 g/mol. The highest BCUT2D eigenvalue weighted by molar-refractivity contribution is 5.89. The third kappa shape index (κ3) is 2.99. The summed E-state index contributed by atoms with van der Waals surface area (Å²) in [7, 11) is 0. The smallest absolute Gasteiger partial charge is 0.322 e. The molecule has 0 spiro atoms. The molecule has 0 radical (unpaired) electrons. The molecule has 2 aliphatic rings. The number of nitrogens with one attached hydrogen (secondary N) is 2. The average Bonchev–Trinajstić information content (AvgIpc) is 3.09. The number of benzene rings is 1. The third-order valence-electron chi connectivity index (χ3n) is 4.88. The molecule has 7 heteroatoms. The number of aromatic amines is 1. The summed E-state index contributed by atoms with van der Waals surface area (Å²) in [4.78, 5) is 18.6. The van der Waals surface area contributed by atoms with Crippen LogP contribution in [-0.4, -0.2) is 45.9 Å². The van der Waals surface area contributed by atoms with Gasteiger partial charge in [0.2, 0.25) is 0 Å². The number of aromatic nitrogens is 3. The van der Waals surface area contributed by atoms with Gasteiger partial charge >= 0.3 is 6.03 Å². The first kappa shape index (κ1) is 15.1. The first-order valence-corrected chi connectivity index (χ1v) is 8.42. The first-order valence-electron chi connectivity index (χ1n) is 8.42. The van der Waals surface area contributed by atoms with Gasteiger partial charge in [-0.05, 0) is 36.5 Å². The van der Waals surface area contributed by atoms with Gasteiger partial charge in [0.05, 0.1) is 13.2 Å². The van der Waals surface area contributed by atoms with Crippen LogP contribution in [0.15, 0.2) is 30.6 Å². The predicted octanol–water partition coefficient (Wildman–Crippen LogP) is 2.68. The molecule has 7 nitrogen and oxygen atoms in total. The summed E-state index contributed by atoms with van der Waals surface area (Å²) in [6.07, 6.45) is 5.32. The largest absolute Gasteiger partial charge is 0.377 e. The number of morpholine rings is 1. The number of ether oxygens (including phenoxy) is 1. The lowest BCUT2D eigenvalue weighted by Crippen LogP contribution is -2.45. The van der Waals surface area contributed by atoms with E-state index in [2.05, 4.69) is 32.6 Å². The van der Waals surface area contributed by atoms with Crippen LogP contribution in [0.25, 0.3) is 0 Å². The van der Waals surface area contributed by atoms with Crippen molar-refractivity contribution in [2.24, 2.45) is 0 Å². The maximum atomic E-state index is 12.7. The second kappa shape index (κ2) is 6.60. The van der Waals surface area contributed by atoms with Gasteiger partial charge in [0.15, 0.2) is 0 Å². The zero-order valence-corrected chi connectivity index (χ0v) is 13.4. The lowest BCUT2D eigenvalue weighted by molar-refractivity contribution is 0.0118. The average molecular weight is 327 g/mol. The quantitative estimate of drug-likeness (QED) is 0.908. The van der Waals surface area contributed by atoms with Crippen molar-refractivity contribution in [3.05, 3.63) is 42.0 Å². The number of carbonyl (C=O) groups excluding carboxylic acids is 1. The normalized spacial score (nSPS) is 21.3. The van der Waals surface area contributed by atoms with E-state index in [1.807, 2.05) is 12.1 Å². The Hall–Kier alpha value is -2.41. The van der Waals surface area contributed by atoms with Crippen molar-refractivity contribution in [2.75, 3.05) is 25.1 Å². The minimum atomic E-state index is -0.240. The van der Waals surface area contributed by atoms with E-state index < -0.39 is 0 Å². The summed E-state index contributed by atoms with van der Waals surface area (Å²) in [6, 6.07) is 7.82. The lowest BCUT2D eigenvalue weighted by atomic mass is 9.80. The second-order valence-corrected chi connectivity index (χ2v) is 6.33. The molecule has 126 valence electrons. The monoisotopic (exact) mass is 327 g/mol.